The van der Waals surface area contributed by atoms with Crippen LogP contribution in [0.25, 0.3) is 0 Å². The first-order valence-corrected chi connectivity index (χ1v) is 8.33. The summed E-state index contributed by atoms with van der Waals surface area (Å²) in [6.07, 6.45) is 3.22. The second kappa shape index (κ2) is 5.72. The van der Waals surface area contributed by atoms with E-state index in [2.05, 4.69) is 48.2 Å². The molecule has 2 unspecified atom stereocenters. The van der Waals surface area contributed by atoms with Gasteiger partial charge in [0.05, 0.1) is 5.01 Å². The topological polar surface area (TPSA) is 24.9 Å². The van der Waals surface area contributed by atoms with E-state index in [9.17, 15) is 0 Å². The number of hydrogen-bond acceptors (Lipinski definition) is 4. The molecule has 1 N–H and O–H groups in total. The van der Waals surface area contributed by atoms with Gasteiger partial charge in [0.1, 0.15) is 0 Å². The van der Waals surface area contributed by atoms with Crippen LogP contribution >= 0.6 is 23.1 Å². The summed E-state index contributed by atoms with van der Waals surface area (Å²) in [4.78, 5) is 4.39. The predicted molar refractivity (Wildman–Crippen MR) is 78.0 cm³/mol. The molecule has 17 heavy (non-hydrogen) atoms. The predicted octanol–water partition coefficient (Wildman–Crippen LogP) is 3.37. The monoisotopic (exact) mass is 270 g/mol. The summed E-state index contributed by atoms with van der Waals surface area (Å²) in [6, 6.07) is 0.642. The molecule has 1 saturated heterocycles. The van der Waals surface area contributed by atoms with E-state index < -0.39 is 0 Å². The summed E-state index contributed by atoms with van der Waals surface area (Å²) in [7, 11) is 0. The van der Waals surface area contributed by atoms with E-state index in [0.717, 1.165) is 6.54 Å². The molecular formula is C13H22N2S2. The average molecular weight is 270 g/mol. The van der Waals surface area contributed by atoms with Crippen LogP contribution in [-0.2, 0) is 0 Å². The van der Waals surface area contributed by atoms with Gasteiger partial charge in [0.25, 0.3) is 0 Å². The second-order valence-corrected chi connectivity index (χ2v) is 7.62. The highest BCUT2D eigenvalue weighted by molar-refractivity contribution is 7.99. The molecule has 1 fully saturated rings. The van der Waals surface area contributed by atoms with E-state index in [1.54, 1.807) is 11.3 Å². The van der Waals surface area contributed by atoms with Crippen molar-refractivity contribution in [1.29, 1.82) is 0 Å². The Balaban J connectivity index is 1.85. The Morgan fingerprint density at radius 3 is 3.06 bits per heavy atom. The van der Waals surface area contributed by atoms with Crippen molar-refractivity contribution < 1.29 is 0 Å². The van der Waals surface area contributed by atoms with Gasteiger partial charge in [-0.2, -0.15) is 11.8 Å². The molecule has 2 atom stereocenters. The third kappa shape index (κ3) is 3.46. The van der Waals surface area contributed by atoms with Gasteiger partial charge in [-0.3, -0.25) is 0 Å². The Labute approximate surface area is 113 Å². The molecule has 1 aliphatic rings. The molecule has 1 aromatic heterocycles. The van der Waals surface area contributed by atoms with Gasteiger partial charge in [0, 0.05) is 35.8 Å². The Kier molecular flexibility index (Phi) is 4.50. The summed E-state index contributed by atoms with van der Waals surface area (Å²) in [6.45, 7) is 8.08. The van der Waals surface area contributed by atoms with Crippen LogP contribution < -0.4 is 5.32 Å². The molecule has 0 spiro atoms. The molecule has 0 aliphatic carbocycles. The molecule has 0 radical (unpaired) electrons. The number of aromatic nitrogens is 1. The van der Waals surface area contributed by atoms with E-state index in [4.69, 9.17) is 0 Å². The van der Waals surface area contributed by atoms with Crippen molar-refractivity contribution in [2.45, 2.75) is 39.2 Å². The Bertz CT molecular complexity index is 335. The van der Waals surface area contributed by atoms with Crippen LogP contribution in [0, 0.1) is 5.41 Å². The lowest BCUT2D eigenvalue weighted by Gasteiger charge is -2.39. The maximum Gasteiger partial charge on any atom is 0.0965 e. The summed E-state index contributed by atoms with van der Waals surface area (Å²) < 4.78 is 0. The third-order valence-electron chi connectivity index (χ3n) is 3.66. The lowest BCUT2D eigenvalue weighted by Crippen LogP contribution is -2.47. The van der Waals surface area contributed by atoms with E-state index in [1.165, 1.54) is 22.9 Å². The third-order valence-corrected chi connectivity index (χ3v) is 5.73. The molecule has 2 heterocycles. The highest BCUT2D eigenvalue weighted by Crippen LogP contribution is 2.34. The quantitative estimate of drug-likeness (QED) is 0.908. The lowest BCUT2D eigenvalue weighted by atomic mass is 9.82. The molecule has 96 valence electrons. The molecular weight excluding hydrogens is 248 g/mol. The van der Waals surface area contributed by atoms with Gasteiger partial charge >= 0.3 is 0 Å². The highest BCUT2D eigenvalue weighted by Gasteiger charge is 2.32. The minimum absolute atomic E-state index is 0.438. The number of thiazole rings is 1. The molecule has 2 nitrogen and oxygen atoms in total. The first-order valence-electron chi connectivity index (χ1n) is 6.30. The number of rotatable bonds is 4. The zero-order valence-electron chi connectivity index (χ0n) is 10.9. The number of nitrogens with zero attached hydrogens (tertiary/aromatic N) is 1. The fourth-order valence-corrected chi connectivity index (χ4v) is 4.50. The fraction of sp³-hybridized carbons (Fsp3) is 0.769. The highest BCUT2D eigenvalue weighted by atomic mass is 32.2. The minimum atomic E-state index is 0.438. The van der Waals surface area contributed by atoms with Gasteiger partial charge in [-0.15, -0.1) is 11.3 Å². The van der Waals surface area contributed by atoms with E-state index in [0.29, 0.717) is 17.4 Å². The molecule has 0 amide bonds. The average Bonchev–Trinajstić information content (AvgIpc) is 2.80. The van der Waals surface area contributed by atoms with Gasteiger partial charge < -0.3 is 5.32 Å². The summed E-state index contributed by atoms with van der Waals surface area (Å²) in [5.74, 6) is 3.09. The Morgan fingerprint density at radius 1 is 1.59 bits per heavy atom. The van der Waals surface area contributed by atoms with Crippen LogP contribution in [0.4, 0.5) is 0 Å². The van der Waals surface area contributed by atoms with Crippen molar-refractivity contribution in [3.05, 3.63) is 16.6 Å². The summed E-state index contributed by atoms with van der Waals surface area (Å²) >= 11 is 3.84. The second-order valence-electron chi connectivity index (χ2n) is 5.55. The Hall–Kier alpha value is -0.0600. The van der Waals surface area contributed by atoms with Gasteiger partial charge in [0.2, 0.25) is 0 Å². The van der Waals surface area contributed by atoms with Gasteiger partial charge in [0.15, 0.2) is 0 Å². The SMILES string of the molecule is CC(CNC1CSCCC1(C)C)c1nccs1. The minimum Gasteiger partial charge on any atom is -0.312 e. The van der Waals surface area contributed by atoms with Crippen LogP contribution in [0.2, 0.25) is 0 Å². The molecule has 0 aromatic carbocycles. The first kappa shape index (κ1) is 13.4. The molecule has 1 aliphatic heterocycles. The van der Waals surface area contributed by atoms with Gasteiger partial charge in [-0.25, -0.2) is 4.98 Å². The van der Waals surface area contributed by atoms with E-state index in [1.807, 2.05) is 6.20 Å². The van der Waals surface area contributed by atoms with Crippen molar-refractivity contribution in [1.82, 2.24) is 10.3 Å². The lowest BCUT2D eigenvalue weighted by molar-refractivity contribution is 0.244. The van der Waals surface area contributed by atoms with Crippen molar-refractivity contribution in [2.75, 3.05) is 18.1 Å². The van der Waals surface area contributed by atoms with E-state index >= 15 is 0 Å². The smallest absolute Gasteiger partial charge is 0.0965 e. The van der Waals surface area contributed by atoms with Crippen molar-refractivity contribution in [3.8, 4) is 0 Å². The molecule has 2 rings (SSSR count). The zero-order chi connectivity index (χ0) is 12.3. The first-order chi connectivity index (χ1) is 8.09. The Morgan fingerprint density at radius 2 is 2.41 bits per heavy atom. The van der Waals surface area contributed by atoms with Crippen LogP contribution in [0.15, 0.2) is 11.6 Å². The summed E-state index contributed by atoms with van der Waals surface area (Å²) in [5, 5.41) is 7.06. The standard InChI is InChI=1S/C13H22N2S2/c1-10(12-14-5-7-17-12)8-15-11-9-16-6-4-13(11,2)3/h5,7,10-11,15H,4,6,8-9H2,1-3H3. The van der Waals surface area contributed by atoms with Gasteiger partial charge in [-0.05, 0) is 17.6 Å². The normalized spacial score (nSPS) is 25.7. The van der Waals surface area contributed by atoms with E-state index in [-0.39, 0.29) is 0 Å². The fourth-order valence-electron chi connectivity index (χ4n) is 2.16. The van der Waals surface area contributed by atoms with Crippen molar-refractivity contribution in [2.24, 2.45) is 5.41 Å². The maximum atomic E-state index is 4.39. The molecule has 0 saturated carbocycles. The van der Waals surface area contributed by atoms with Crippen LogP contribution in [0.5, 0.6) is 0 Å². The number of hydrogen-bond donors (Lipinski definition) is 1. The maximum absolute atomic E-state index is 4.39. The van der Waals surface area contributed by atoms with Crippen LogP contribution in [0.3, 0.4) is 0 Å². The molecule has 0 bridgehead atoms. The number of thioether (sulfide) groups is 1. The van der Waals surface area contributed by atoms with Crippen molar-refractivity contribution >= 4 is 23.1 Å². The molecule has 1 aromatic rings. The van der Waals surface area contributed by atoms with Crippen molar-refractivity contribution in [3.63, 3.8) is 0 Å². The zero-order valence-corrected chi connectivity index (χ0v) is 12.5. The number of nitrogens with one attached hydrogen (secondary N) is 1. The van der Waals surface area contributed by atoms with Crippen LogP contribution in [-0.4, -0.2) is 29.1 Å². The van der Waals surface area contributed by atoms with Crippen LogP contribution in [0.1, 0.15) is 38.1 Å². The molecule has 4 heteroatoms. The largest absolute Gasteiger partial charge is 0.312 e. The van der Waals surface area contributed by atoms with Gasteiger partial charge in [-0.1, -0.05) is 20.8 Å². The summed E-state index contributed by atoms with van der Waals surface area (Å²) in [5.41, 5.74) is 0.438.